The van der Waals surface area contributed by atoms with Crippen LogP contribution < -0.4 is 11.1 Å². The zero-order valence-electron chi connectivity index (χ0n) is 9.99. The van der Waals surface area contributed by atoms with E-state index in [1.54, 1.807) is 25.1 Å². The van der Waals surface area contributed by atoms with Crippen LogP contribution >= 0.6 is 0 Å². The summed E-state index contributed by atoms with van der Waals surface area (Å²) in [5.74, 6) is 4.30. The molecule has 94 valence electrons. The van der Waals surface area contributed by atoms with E-state index >= 15 is 0 Å². The fraction of sp³-hybridized carbons (Fsp3) is 0.231. The van der Waals surface area contributed by atoms with Gasteiger partial charge in [0.1, 0.15) is 6.61 Å². The van der Waals surface area contributed by atoms with Gasteiger partial charge in [0.15, 0.2) is 0 Å². The highest BCUT2D eigenvalue weighted by Gasteiger charge is 2.10. The van der Waals surface area contributed by atoms with E-state index in [4.69, 9.17) is 10.8 Å². The first-order valence-electron chi connectivity index (χ1n) is 5.32. The summed E-state index contributed by atoms with van der Waals surface area (Å²) < 4.78 is 0. The van der Waals surface area contributed by atoms with Crippen LogP contribution in [0.4, 0.5) is 0 Å². The highest BCUT2D eigenvalue weighted by molar-refractivity contribution is 5.98. The van der Waals surface area contributed by atoms with Crippen LogP contribution in [0.1, 0.15) is 21.5 Å². The van der Waals surface area contributed by atoms with Crippen LogP contribution in [0.25, 0.3) is 0 Å². The monoisotopic (exact) mass is 246 g/mol. The second-order valence-corrected chi connectivity index (χ2v) is 3.59. The lowest BCUT2D eigenvalue weighted by Crippen LogP contribution is -2.33. The number of aliphatic hydroxyl groups excluding tert-OH is 1. The van der Waals surface area contributed by atoms with Crippen LogP contribution in [0.15, 0.2) is 18.2 Å². The molecule has 0 fully saturated rings. The molecule has 0 aliphatic heterocycles. The molecular weight excluding hydrogens is 232 g/mol. The predicted octanol–water partition coefficient (Wildman–Crippen LogP) is -0.446. The minimum Gasteiger partial charge on any atom is -0.384 e. The molecule has 0 radical (unpaired) electrons. The van der Waals surface area contributed by atoms with Crippen LogP contribution in [-0.2, 0) is 4.79 Å². The van der Waals surface area contributed by atoms with Crippen LogP contribution in [0.2, 0.25) is 0 Å². The zero-order valence-corrected chi connectivity index (χ0v) is 9.99. The Kier molecular flexibility index (Phi) is 4.90. The van der Waals surface area contributed by atoms with Crippen molar-refractivity contribution in [2.45, 2.75) is 6.92 Å². The van der Waals surface area contributed by atoms with Crippen molar-refractivity contribution in [2.75, 3.05) is 13.2 Å². The van der Waals surface area contributed by atoms with E-state index in [1.165, 1.54) is 0 Å². The number of amides is 2. The molecule has 1 aromatic rings. The lowest BCUT2D eigenvalue weighted by Gasteiger charge is -2.07. The molecule has 2 amide bonds. The van der Waals surface area contributed by atoms with Gasteiger partial charge >= 0.3 is 0 Å². The van der Waals surface area contributed by atoms with Gasteiger partial charge in [-0.05, 0) is 24.6 Å². The highest BCUT2D eigenvalue weighted by Crippen LogP contribution is 2.12. The Morgan fingerprint density at radius 2 is 2.17 bits per heavy atom. The second-order valence-electron chi connectivity index (χ2n) is 3.59. The average molecular weight is 246 g/mol. The number of benzene rings is 1. The standard InChI is InChI=1S/C13H14N2O3/c1-9-10(5-3-7-16)4-2-6-11(9)13(18)15-8-12(14)17/h2,4,6,16H,7-8H2,1H3,(H2,14,17)(H,15,18). The molecule has 0 bridgehead atoms. The van der Waals surface area contributed by atoms with Crippen molar-refractivity contribution in [1.82, 2.24) is 5.32 Å². The smallest absolute Gasteiger partial charge is 0.252 e. The molecule has 5 nitrogen and oxygen atoms in total. The molecular formula is C13H14N2O3. The molecule has 0 aliphatic rings. The Hall–Kier alpha value is -2.32. The van der Waals surface area contributed by atoms with Crippen molar-refractivity contribution in [3.63, 3.8) is 0 Å². The molecule has 0 saturated heterocycles. The third kappa shape index (κ3) is 3.61. The lowest BCUT2D eigenvalue weighted by molar-refractivity contribution is -0.117. The summed E-state index contributed by atoms with van der Waals surface area (Å²) in [5, 5.41) is 11.0. The molecule has 0 spiro atoms. The quantitative estimate of drug-likeness (QED) is 0.631. The van der Waals surface area contributed by atoms with Crippen molar-refractivity contribution < 1.29 is 14.7 Å². The minimum absolute atomic E-state index is 0.204. The summed E-state index contributed by atoms with van der Waals surface area (Å²) in [5.41, 5.74) is 6.74. The van der Waals surface area contributed by atoms with E-state index in [0.717, 1.165) is 0 Å². The number of hydrogen-bond donors (Lipinski definition) is 3. The lowest BCUT2D eigenvalue weighted by atomic mass is 10.0. The summed E-state index contributed by atoms with van der Waals surface area (Å²) in [7, 11) is 0. The molecule has 0 saturated carbocycles. The zero-order chi connectivity index (χ0) is 13.5. The van der Waals surface area contributed by atoms with Crippen molar-refractivity contribution in [3.05, 3.63) is 34.9 Å². The number of nitrogens with one attached hydrogen (secondary N) is 1. The number of rotatable bonds is 3. The fourth-order valence-electron chi connectivity index (χ4n) is 1.41. The van der Waals surface area contributed by atoms with Gasteiger partial charge in [-0.15, -0.1) is 0 Å². The van der Waals surface area contributed by atoms with Gasteiger partial charge in [-0.3, -0.25) is 9.59 Å². The molecule has 1 rings (SSSR count). The molecule has 18 heavy (non-hydrogen) atoms. The molecule has 0 aromatic heterocycles. The highest BCUT2D eigenvalue weighted by atomic mass is 16.2. The molecule has 0 atom stereocenters. The first kappa shape index (κ1) is 13.7. The van der Waals surface area contributed by atoms with Crippen molar-refractivity contribution in [1.29, 1.82) is 0 Å². The normalized spacial score (nSPS) is 9.22. The van der Waals surface area contributed by atoms with Gasteiger partial charge in [0.05, 0.1) is 6.54 Å². The number of carbonyl (C=O) groups excluding carboxylic acids is 2. The SMILES string of the molecule is Cc1c(C#CCO)cccc1C(=O)NCC(N)=O. The van der Waals surface area contributed by atoms with Crippen molar-refractivity contribution >= 4 is 11.8 Å². The maximum Gasteiger partial charge on any atom is 0.252 e. The first-order chi connectivity index (χ1) is 8.56. The van der Waals surface area contributed by atoms with Gasteiger partial charge in [0.2, 0.25) is 5.91 Å². The third-order valence-electron chi connectivity index (χ3n) is 2.30. The van der Waals surface area contributed by atoms with Gasteiger partial charge in [0, 0.05) is 11.1 Å². The van der Waals surface area contributed by atoms with Crippen molar-refractivity contribution in [3.8, 4) is 11.8 Å². The Morgan fingerprint density at radius 1 is 1.44 bits per heavy atom. The van der Waals surface area contributed by atoms with E-state index in [1.807, 2.05) is 0 Å². The van der Waals surface area contributed by atoms with Gasteiger partial charge < -0.3 is 16.2 Å². The number of carbonyl (C=O) groups is 2. The van der Waals surface area contributed by atoms with Gasteiger partial charge in [-0.25, -0.2) is 0 Å². The third-order valence-corrected chi connectivity index (χ3v) is 2.30. The molecule has 1 aromatic carbocycles. The van der Waals surface area contributed by atoms with Crippen LogP contribution in [0, 0.1) is 18.8 Å². The molecule has 4 N–H and O–H groups in total. The largest absolute Gasteiger partial charge is 0.384 e. The fourth-order valence-corrected chi connectivity index (χ4v) is 1.41. The molecule has 0 aliphatic carbocycles. The van der Waals surface area contributed by atoms with E-state index < -0.39 is 5.91 Å². The average Bonchev–Trinajstić information content (AvgIpc) is 2.34. The second kappa shape index (κ2) is 6.42. The predicted molar refractivity (Wildman–Crippen MR) is 66.7 cm³/mol. The minimum atomic E-state index is -0.600. The topological polar surface area (TPSA) is 92.4 Å². The van der Waals surface area contributed by atoms with Crippen LogP contribution in [0.5, 0.6) is 0 Å². The molecule has 0 heterocycles. The van der Waals surface area contributed by atoms with E-state index in [0.29, 0.717) is 16.7 Å². The van der Waals surface area contributed by atoms with E-state index in [-0.39, 0.29) is 19.1 Å². The summed E-state index contributed by atoms with van der Waals surface area (Å²) in [6.07, 6.45) is 0. The van der Waals surface area contributed by atoms with Gasteiger partial charge in [-0.1, -0.05) is 17.9 Å². The molecule has 5 heteroatoms. The van der Waals surface area contributed by atoms with Crippen LogP contribution in [-0.4, -0.2) is 30.1 Å². The van der Waals surface area contributed by atoms with Gasteiger partial charge in [-0.2, -0.15) is 0 Å². The summed E-state index contributed by atoms with van der Waals surface area (Å²) in [6, 6.07) is 5.08. The maximum atomic E-state index is 11.8. The maximum absolute atomic E-state index is 11.8. The Bertz CT molecular complexity index is 527. The Balaban J connectivity index is 2.96. The number of primary amides is 1. The number of aliphatic hydroxyl groups is 1. The first-order valence-corrected chi connectivity index (χ1v) is 5.32. The van der Waals surface area contributed by atoms with Crippen LogP contribution in [0.3, 0.4) is 0 Å². The summed E-state index contributed by atoms with van der Waals surface area (Å²) in [4.78, 5) is 22.4. The van der Waals surface area contributed by atoms with E-state index in [2.05, 4.69) is 17.2 Å². The summed E-state index contributed by atoms with van der Waals surface area (Å²) >= 11 is 0. The summed E-state index contributed by atoms with van der Waals surface area (Å²) in [6.45, 7) is 1.31. The van der Waals surface area contributed by atoms with Gasteiger partial charge in [0.25, 0.3) is 5.91 Å². The number of nitrogens with two attached hydrogens (primary N) is 1. The van der Waals surface area contributed by atoms with E-state index in [9.17, 15) is 9.59 Å². The molecule has 0 unspecified atom stereocenters. The number of hydrogen-bond acceptors (Lipinski definition) is 3. The van der Waals surface area contributed by atoms with Crippen molar-refractivity contribution in [2.24, 2.45) is 5.73 Å². The Morgan fingerprint density at radius 3 is 2.78 bits per heavy atom. The Labute approximate surface area is 105 Å².